The molecule has 5 heteroatoms. The molecule has 1 aromatic rings. The minimum Gasteiger partial charge on any atom is -0.444 e. The molecule has 2 N–H and O–H groups in total. The molecule has 1 aromatic carbocycles. The molecule has 4 nitrogen and oxygen atoms in total. The Kier molecular flexibility index (Phi) is 4.97. The highest BCUT2D eigenvalue weighted by atomic mass is 35.5. The van der Waals surface area contributed by atoms with E-state index in [1.165, 1.54) is 6.08 Å². The summed E-state index contributed by atoms with van der Waals surface area (Å²) in [6, 6.07) is 4.80. The van der Waals surface area contributed by atoms with Crippen LogP contribution >= 0.6 is 11.6 Å². The van der Waals surface area contributed by atoms with Crippen LogP contribution in [0.25, 0.3) is 0 Å². The van der Waals surface area contributed by atoms with E-state index in [0.717, 1.165) is 0 Å². The zero-order chi connectivity index (χ0) is 14.6. The molecule has 19 heavy (non-hydrogen) atoms. The minimum atomic E-state index is -0.887. The summed E-state index contributed by atoms with van der Waals surface area (Å²) in [5.74, 6) is 0. The van der Waals surface area contributed by atoms with Crippen molar-refractivity contribution < 1.29 is 14.6 Å². The molecular formula is C14H18ClNO3. The number of ether oxygens (including phenoxy) is 1. The van der Waals surface area contributed by atoms with Gasteiger partial charge in [0.2, 0.25) is 0 Å². The molecule has 104 valence electrons. The van der Waals surface area contributed by atoms with Gasteiger partial charge in [-0.1, -0.05) is 23.7 Å². The molecule has 0 aliphatic carbocycles. The quantitative estimate of drug-likeness (QED) is 0.827. The SMILES string of the molecule is C=CC(O)c1ccc(Cl)cc1NC(=O)OC(C)(C)C. The van der Waals surface area contributed by atoms with Gasteiger partial charge in [0.05, 0.1) is 11.8 Å². The number of aliphatic hydroxyl groups excluding tert-OH is 1. The molecule has 0 saturated carbocycles. The zero-order valence-electron chi connectivity index (χ0n) is 11.2. The van der Waals surface area contributed by atoms with E-state index in [1.807, 2.05) is 0 Å². The molecule has 0 heterocycles. The number of benzene rings is 1. The maximum Gasteiger partial charge on any atom is 0.412 e. The van der Waals surface area contributed by atoms with Gasteiger partial charge >= 0.3 is 6.09 Å². The second-order valence-corrected chi connectivity index (χ2v) is 5.48. The van der Waals surface area contributed by atoms with Crippen molar-refractivity contribution in [1.29, 1.82) is 0 Å². The van der Waals surface area contributed by atoms with Crippen LogP contribution in [0.15, 0.2) is 30.9 Å². The number of carbonyl (C=O) groups excluding carboxylic acids is 1. The molecule has 0 bridgehead atoms. The Hall–Kier alpha value is -1.52. The number of amides is 1. The molecular weight excluding hydrogens is 266 g/mol. The van der Waals surface area contributed by atoms with Crippen LogP contribution in [0.3, 0.4) is 0 Å². The topological polar surface area (TPSA) is 58.6 Å². The van der Waals surface area contributed by atoms with Crippen LogP contribution in [0.1, 0.15) is 32.4 Å². The zero-order valence-corrected chi connectivity index (χ0v) is 12.0. The molecule has 0 fully saturated rings. The predicted octanol–water partition coefficient (Wildman–Crippen LogP) is 3.91. The number of aliphatic hydroxyl groups is 1. The average molecular weight is 284 g/mol. The first kappa shape index (κ1) is 15.5. The van der Waals surface area contributed by atoms with Gasteiger partial charge in [-0.2, -0.15) is 0 Å². The summed E-state index contributed by atoms with van der Waals surface area (Å²) in [6.07, 6.45) is -0.127. The monoisotopic (exact) mass is 283 g/mol. The average Bonchev–Trinajstić information content (AvgIpc) is 2.25. The van der Waals surface area contributed by atoms with Crippen LogP contribution in [0.5, 0.6) is 0 Å². The van der Waals surface area contributed by atoms with Crippen LogP contribution < -0.4 is 5.32 Å². The fourth-order valence-corrected chi connectivity index (χ4v) is 1.61. The van der Waals surface area contributed by atoms with Crippen LogP contribution in [0, 0.1) is 0 Å². The molecule has 0 spiro atoms. The Labute approximate surface area is 118 Å². The number of carbonyl (C=O) groups is 1. The van der Waals surface area contributed by atoms with Gasteiger partial charge in [0, 0.05) is 10.6 Å². The van der Waals surface area contributed by atoms with E-state index in [-0.39, 0.29) is 0 Å². The largest absolute Gasteiger partial charge is 0.444 e. The van der Waals surface area contributed by atoms with E-state index >= 15 is 0 Å². The van der Waals surface area contributed by atoms with E-state index in [0.29, 0.717) is 16.3 Å². The summed E-state index contributed by atoms with van der Waals surface area (Å²) in [4.78, 5) is 11.7. The van der Waals surface area contributed by atoms with Crippen LogP contribution in [-0.4, -0.2) is 16.8 Å². The Bertz CT molecular complexity index is 480. The maximum atomic E-state index is 11.7. The number of anilines is 1. The normalized spacial score (nSPS) is 12.7. The number of hydrogen-bond donors (Lipinski definition) is 2. The van der Waals surface area contributed by atoms with Gasteiger partial charge in [0.25, 0.3) is 0 Å². The summed E-state index contributed by atoms with van der Waals surface area (Å²) in [7, 11) is 0. The van der Waals surface area contributed by atoms with Crippen molar-refractivity contribution in [1.82, 2.24) is 0 Å². The van der Waals surface area contributed by atoms with Gasteiger partial charge < -0.3 is 9.84 Å². The first-order chi connectivity index (χ1) is 8.73. The molecule has 1 amide bonds. The van der Waals surface area contributed by atoms with Gasteiger partial charge in [0.15, 0.2) is 0 Å². The highest BCUT2D eigenvalue weighted by Gasteiger charge is 2.18. The van der Waals surface area contributed by atoms with E-state index in [2.05, 4.69) is 11.9 Å². The summed E-state index contributed by atoms with van der Waals surface area (Å²) >= 11 is 5.88. The highest BCUT2D eigenvalue weighted by Crippen LogP contribution is 2.27. The molecule has 0 saturated heterocycles. The molecule has 0 aliphatic rings. The van der Waals surface area contributed by atoms with Gasteiger partial charge in [-0.15, -0.1) is 6.58 Å². The Morgan fingerprint density at radius 2 is 2.16 bits per heavy atom. The van der Waals surface area contributed by atoms with Crippen LogP contribution in [0.2, 0.25) is 5.02 Å². The lowest BCUT2D eigenvalue weighted by atomic mass is 10.1. The maximum absolute atomic E-state index is 11.7. The smallest absolute Gasteiger partial charge is 0.412 e. The van der Waals surface area contributed by atoms with Crippen molar-refractivity contribution in [3.63, 3.8) is 0 Å². The molecule has 1 rings (SSSR count). The Balaban J connectivity index is 2.96. The lowest BCUT2D eigenvalue weighted by molar-refractivity contribution is 0.0635. The third-order valence-corrected chi connectivity index (χ3v) is 2.43. The molecule has 0 aromatic heterocycles. The lowest BCUT2D eigenvalue weighted by Crippen LogP contribution is -2.27. The first-order valence-electron chi connectivity index (χ1n) is 5.83. The van der Waals surface area contributed by atoms with Gasteiger partial charge in [-0.3, -0.25) is 5.32 Å². The standard InChI is InChI=1S/C14H18ClNO3/c1-5-12(17)10-7-6-9(15)8-11(10)16-13(18)19-14(2,3)4/h5-8,12,17H,1H2,2-4H3,(H,16,18). The summed E-state index contributed by atoms with van der Waals surface area (Å²) in [5.41, 5.74) is 0.305. The number of hydrogen-bond acceptors (Lipinski definition) is 3. The van der Waals surface area contributed by atoms with Gasteiger partial charge in [0.1, 0.15) is 5.60 Å². The predicted molar refractivity (Wildman–Crippen MR) is 76.5 cm³/mol. The third kappa shape index (κ3) is 4.93. The molecule has 0 aliphatic heterocycles. The molecule has 1 atom stereocenters. The van der Waals surface area contributed by atoms with E-state index < -0.39 is 17.8 Å². The summed E-state index contributed by atoms with van der Waals surface area (Å²) in [6.45, 7) is 8.82. The number of halogens is 1. The Morgan fingerprint density at radius 3 is 2.68 bits per heavy atom. The second-order valence-electron chi connectivity index (χ2n) is 5.04. The number of nitrogens with one attached hydrogen (secondary N) is 1. The van der Waals surface area contributed by atoms with Crippen molar-refractivity contribution in [2.45, 2.75) is 32.5 Å². The number of rotatable bonds is 3. The van der Waals surface area contributed by atoms with Crippen molar-refractivity contribution in [2.24, 2.45) is 0 Å². The van der Waals surface area contributed by atoms with Crippen molar-refractivity contribution in [2.75, 3.05) is 5.32 Å². The third-order valence-electron chi connectivity index (χ3n) is 2.19. The van der Waals surface area contributed by atoms with E-state index in [9.17, 15) is 9.90 Å². The van der Waals surface area contributed by atoms with E-state index in [4.69, 9.17) is 16.3 Å². The first-order valence-corrected chi connectivity index (χ1v) is 6.21. The van der Waals surface area contributed by atoms with E-state index in [1.54, 1.807) is 39.0 Å². The van der Waals surface area contributed by atoms with Crippen molar-refractivity contribution in [3.8, 4) is 0 Å². The van der Waals surface area contributed by atoms with Crippen molar-refractivity contribution >= 4 is 23.4 Å². The molecule has 1 unspecified atom stereocenters. The fraction of sp³-hybridized carbons (Fsp3) is 0.357. The van der Waals surface area contributed by atoms with Gasteiger partial charge in [-0.05, 0) is 32.9 Å². The summed E-state index contributed by atoms with van der Waals surface area (Å²) < 4.78 is 5.15. The summed E-state index contributed by atoms with van der Waals surface area (Å²) in [5, 5.41) is 12.8. The second kappa shape index (κ2) is 6.08. The van der Waals surface area contributed by atoms with Crippen molar-refractivity contribution in [3.05, 3.63) is 41.4 Å². The van der Waals surface area contributed by atoms with Crippen LogP contribution in [-0.2, 0) is 4.74 Å². The fourth-order valence-electron chi connectivity index (χ4n) is 1.44. The molecule has 0 radical (unpaired) electrons. The Morgan fingerprint density at radius 1 is 1.53 bits per heavy atom. The highest BCUT2D eigenvalue weighted by molar-refractivity contribution is 6.31. The van der Waals surface area contributed by atoms with Gasteiger partial charge in [-0.25, -0.2) is 4.79 Å². The lowest BCUT2D eigenvalue weighted by Gasteiger charge is -2.21. The van der Waals surface area contributed by atoms with Crippen LogP contribution in [0.4, 0.5) is 10.5 Å². The minimum absolute atomic E-state index is 0.397.